The van der Waals surface area contributed by atoms with Gasteiger partial charge in [0.1, 0.15) is 24.0 Å². The van der Waals surface area contributed by atoms with Gasteiger partial charge in [-0.3, -0.25) is 4.79 Å². The molecule has 0 bridgehead atoms. The Morgan fingerprint density at radius 2 is 1.77 bits per heavy atom. The second-order valence-electron chi connectivity index (χ2n) is 5.87. The number of para-hydroxylation sites is 1. The van der Waals surface area contributed by atoms with Gasteiger partial charge in [0.05, 0.1) is 10.9 Å². The monoisotopic (exact) mass is 346 g/mol. The fourth-order valence-electron chi connectivity index (χ4n) is 2.70. The maximum absolute atomic E-state index is 13.0. The second kappa shape index (κ2) is 6.80. The van der Waals surface area contributed by atoms with E-state index in [0.717, 1.165) is 11.1 Å². The molecule has 0 unspecified atom stereocenters. The van der Waals surface area contributed by atoms with Crippen molar-refractivity contribution in [2.45, 2.75) is 6.61 Å². The summed E-state index contributed by atoms with van der Waals surface area (Å²) in [4.78, 5) is 19.6. The normalized spacial score (nSPS) is 10.8. The second-order valence-corrected chi connectivity index (χ2v) is 5.87. The van der Waals surface area contributed by atoms with Crippen molar-refractivity contribution in [1.82, 2.24) is 9.97 Å². The number of benzene rings is 3. The van der Waals surface area contributed by atoms with Crippen LogP contribution in [-0.2, 0) is 6.61 Å². The smallest absolute Gasteiger partial charge is 0.259 e. The number of halogens is 1. The number of nitrogens with one attached hydrogen (secondary N) is 1. The molecule has 4 aromatic rings. The predicted molar refractivity (Wildman–Crippen MR) is 98.5 cm³/mol. The van der Waals surface area contributed by atoms with Crippen molar-refractivity contribution in [2.75, 3.05) is 0 Å². The molecule has 0 spiro atoms. The van der Waals surface area contributed by atoms with E-state index in [9.17, 15) is 9.18 Å². The largest absolute Gasteiger partial charge is 0.489 e. The molecule has 1 heterocycles. The lowest BCUT2D eigenvalue weighted by Gasteiger charge is -2.08. The van der Waals surface area contributed by atoms with Gasteiger partial charge in [0.25, 0.3) is 5.56 Å². The van der Waals surface area contributed by atoms with Crippen molar-refractivity contribution >= 4 is 10.9 Å². The highest BCUT2D eigenvalue weighted by Gasteiger charge is 2.07. The van der Waals surface area contributed by atoms with Crippen LogP contribution in [0.1, 0.15) is 5.56 Å². The lowest BCUT2D eigenvalue weighted by Crippen LogP contribution is -2.09. The Morgan fingerprint density at radius 1 is 0.962 bits per heavy atom. The summed E-state index contributed by atoms with van der Waals surface area (Å²) >= 11 is 0. The Kier molecular flexibility index (Phi) is 4.19. The summed E-state index contributed by atoms with van der Waals surface area (Å²) in [5.74, 6) is 0.852. The van der Waals surface area contributed by atoms with Crippen LogP contribution in [0.25, 0.3) is 22.3 Å². The summed E-state index contributed by atoms with van der Waals surface area (Å²) in [6.45, 7) is 0.325. The van der Waals surface area contributed by atoms with Gasteiger partial charge < -0.3 is 9.72 Å². The molecule has 0 fully saturated rings. The number of aromatic nitrogens is 2. The molecule has 4 rings (SSSR count). The third kappa shape index (κ3) is 3.32. The average Bonchev–Trinajstić information content (AvgIpc) is 2.68. The van der Waals surface area contributed by atoms with Crippen molar-refractivity contribution < 1.29 is 9.13 Å². The van der Waals surface area contributed by atoms with Crippen molar-refractivity contribution in [3.8, 4) is 17.1 Å². The molecular formula is C21H15FN2O2. The van der Waals surface area contributed by atoms with E-state index in [1.807, 2.05) is 42.5 Å². The van der Waals surface area contributed by atoms with E-state index in [1.165, 1.54) is 12.1 Å². The molecule has 4 nitrogen and oxygen atoms in total. The van der Waals surface area contributed by atoms with E-state index in [1.54, 1.807) is 18.2 Å². The highest BCUT2D eigenvalue weighted by Crippen LogP contribution is 2.22. The van der Waals surface area contributed by atoms with Crippen LogP contribution in [-0.4, -0.2) is 9.97 Å². The summed E-state index contributed by atoms with van der Waals surface area (Å²) in [5, 5.41) is 0.556. The molecule has 0 saturated heterocycles. The summed E-state index contributed by atoms with van der Waals surface area (Å²) < 4.78 is 18.7. The standard InChI is InChI=1S/C21H15FN2O2/c22-16-10-8-14(9-11-16)13-26-17-5-3-4-15(12-17)20-23-19-7-2-1-6-18(19)21(25)24-20/h1-12H,13H2,(H,23,24,25). The Labute approximate surface area is 148 Å². The van der Waals surface area contributed by atoms with Gasteiger partial charge in [0.15, 0.2) is 0 Å². The van der Waals surface area contributed by atoms with Gasteiger partial charge in [-0.1, -0.05) is 36.4 Å². The van der Waals surface area contributed by atoms with E-state index < -0.39 is 0 Å². The van der Waals surface area contributed by atoms with Gasteiger partial charge >= 0.3 is 0 Å². The van der Waals surface area contributed by atoms with Gasteiger partial charge in [0, 0.05) is 5.56 Å². The number of rotatable bonds is 4. The van der Waals surface area contributed by atoms with Crippen molar-refractivity contribution in [2.24, 2.45) is 0 Å². The quantitative estimate of drug-likeness (QED) is 0.599. The minimum absolute atomic E-state index is 0.178. The number of aromatic amines is 1. The Morgan fingerprint density at radius 3 is 2.62 bits per heavy atom. The molecule has 0 atom stereocenters. The average molecular weight is 346 g/mol. The maximum atomic E-state index is 13.0. The Hall–Kier alpha value is -3.47. The lowest BCUT2D eigenvalue weighted by atomic mass is 10.2. The minimum atomic E-state index is -0.276. The predicted octanol–water partition coefficient (Wildman–Crippen LogP) is 4.31. The number of nitrogens with zero attached hydrogens (tertiary/aromatic N) is 1. The first kappa shape index (κ1) is 16.0. The van der Waals surface area contributed by atoms with Gasteiger partial charge in [0.2, 0.25) is 0 Å². The van der Waals surface area contributed by atoms with Crippen molar-refractivity contribution in [1.29, 1.82) is 0 Å². The minimum Gasteiger partial charge on any atom is -0.489 e. The third-order valence-corrected chi connectivity index (χ3v) is 4.04. The number of hydrogen-bond acceptors (Lipinski definition) is 3. The molecule has 5 heteroatoms. The lowest BCUT2D eigenvalue weighted by molar-refractivity contribution is 0.306. The first-order valence-electron chi connectivity index (χ1n) is 8.16. The van der Waals surface area contributed by atoms with Gasteiger partial charge in [-0.05, 0) is 42.0 Å². The van der Waals surface area contributed by atoms with Crippen LogP contribution in [0.15, 0.2) is 77.6 Å². The summed E-state index contributed by atoms with van der Waals surface area (Å²) in [6.07, 6.45) is 0. The zero-order valence-electron chi connectivity index (χ0n) is 13.8. The molecular weight excluding hydrogens is 331 g/mol. The molecule has 0 saturated carbocycles. The Bertz CT molecular complexity index is 1120. The van der Waals surface area contributed by atoms with Crippen LogP contribution in [0, 0.1) is 5.82 Å². The summed E-state index contributed by atoms with van der Waals surface area (Å²) in [5.41, 5.74) is 2.09. The number of ether oxygens (including phenoxy) is 1. The SMILES string of the molecule is O=c1[nH]c(-c2cccc(OCc3ccc(F)cc3)c2)nc2ccccc12. The van der Waals surface area contributed by atoms with Crippen molar-refractivity contribution in [3.63, 3.8) is 0 Å². The van der Waals surface area contributed by atoms with Crippen LogP contribution in [0.2, 0.25) is 0 Å². The fourth-order valence-corrected chi connectivity index (χ4v) is 2.70. The van der Waals surface area contributed by atoms with E-state index in [4.69, 9.17) is 4.74 Å². The molecule has 0 aliphatic carbocycles. The fraction of sp³-hybridized carbons (Fsp3) is 0.0476. The maximum Gasteiger partial charge on any atom is 0.259 e. The molecule has 128 valence electrons. The van der Waals surface area contributed by atoms with E-state index in [2.05, 4.69) is 9.97 Å². The molecule has 0 aliphatic rings. The van der Waals surface area contributed by atoms with Crippen molar-refractivity contribution in [3.05, 3.63) is 94.5 Å². The zero-order chi connectivity index (χ0) is 17.9. The molecule has 3 aromatic carbocycles. The van der Waals surface area contributed by atoms with Crippen LogP contribution in [0.4, 0.5) is 4.39 Å². The first-order valence-corrected chi connectivity index (χ1v) is 8.16. The topological polar surface area (TPSA) is 55.0 Å². The molecule has 1 aromatic heterocycles. The van der Waals surface area contributed by atoms with Crippen LogP contribution in [0.5, 0.6) is 5.75 Å². The molecule has 1 N–H and O–H groups in total. The number of hydrogen-bond donors (Lipinski definition) is 1. The molecule has 26 heavy (non-hydrogen) atoms. The highest BCUT2D eigenvalue weighted by molar-refractivity contribution is 5.79. The van der Waals surface area contributed by atoms with Crippen LogP contribution >= 0.6 is 0 Å². The van der Waals surface area contributed by atoms with Gasteiger partial charge in [-0.15, -0.1) is 0 Å². The molecule has 0 amide bonds. The van der Waals surface area contributed by atoms with Crippen LogP contribution < -0.4 is 10.3 Å². The van der Waals surface area contributed by atoms with E-state index >= 15 is 0 Å². The van der Waals surface area contributed by atoms with Crippen LogP contribution in [0.3, 0.4) is 0 Å². The Balaban J connectivity index is 1.61. The molecule has 0 radical (unpaired) electrons. The van der Waals surface area contributed by atoms with Gasteiger partial charge in [-0.25, -0.2) is 9.37 Å². The summed E-state index contributed by atoms with van der Waals surface area (Å²) in [7, 11) is 0. The molecule has 0 aliphatic heterocycles. The summed E-state index contributed by atoms with van der Waals surface area (Å²) in [6, 6.07) is 20.7. The van der Waals surface area contributed by atoms with E-state index in [-0.39, 0.29) is 11.4 Å². The van der Waals surface area contributed by atoms with E-state index in [0.29, 0.717) is 29.1 Å². The van der Waals surface area contributed by atoms with Gasteiger partial charge in [-0.2, -0.15) is 0 Å². The number of fused-ring (bicyclic) bond motifs is 1. The number of H-pyrrole nitrogens is 1. The zero-order valence-corrected chi connectivity index (χ0v) is 13.8. The first-order chi connectivity index (χ1) is 12.7. The third-order valence-electron chi connectivity index (χ3n) is 4.04. The highest BCUT2D eigenvalue weighted by atomic mass is 19.1.